The van der Waals surface area contributed by atoms with Gasteiger partial charge in [-0.3, -0.25) is 9.59 Å². The Hall–Kier alpha value is -2.47. The van der Waals surface area contributed by atoms with Crippen molar-refractivity contribution in [1.82, 2.24) is 5.32 Å². The van der Waals surface area contributed by atoms with Gasteiger partial charge in [0.25, 0.3) is 5.91 Å². The Balaban J connectivity index is 1.46. The van der Waals surface area contributed by atoms with E-state index in [0.29, 0.717) is 17.2 Å². The van der Waals surface area contributed by atoms with Crippen molar-refractivity contribution in [3.8, 4) is 5.75 Å². The number of nitrogens with one attached hydrogen (secondary N) is 1. The molecule has 3 rings (SSSR count). The highest BCUT2D eigenvalue weighted by molar-refractivity contribution is 6.30. The van der Waals surface area contributed by atoms with Gasteiger partial charge in [-0.1, -0.05) is 11.6 Å². The monoisotopic (exact) mass is 349 g/mol. The predicted octanol–water partition coefficient (Wildman–Crippen LogP) is 2.34. The number of halogens is 1. The first kappa shape index (κ1) is 16.4. The van der Waals surface area contributed by atoms with Crippen LogP contribution in [0.4, 0.5) is 0 Å². The van der Waals surface area contributed by atoms with E-state index >= 15 is 0 Å². The summed E-state index contributed by atoms with van der Waals surface area (Å²) in [6, 6.07) is 8.76. The molecule has 0 radical (unpaired) electrons. The molecule has 2 heterocycles. The molecule has 1 amide bonds. The molecule has 1 aromatic carbocycles. The van der Waals surface area contributed by atoms with Crippen LogP contribution in [0.15, 0.2) is 41.0 Å². The number of carbonyl (C=O) groups excluding carboxylic acids is 2. The molecule has 0 saturated carbocycles. The van der Waals surface area contributed by atoms with Crippen LogP contribution in [-0.4, -0.2) is 25.1 Å². The molecule has 0 bridgehead atoms. The summed E-state index contributed by atoms with van der Waals surface area (Å²) in [5.74, 6) is 0.0472. The molecule has 0 spiro atoms. The molecule has 6 nitrogen and oxygen atoms in total. The van der Waals surface area contributed by atoms with Gasteiger partial charge in [-0.15, -0.1) is 0 Å². The lowest BCUT2D eigenvalue weighted by molar-refractivity contribution is -0.153. The van der Waals surface area contributed by atoms with Gasteiger partial charge in [0.05, 0.1) is 18.7 Å². The third kappa shape index (κ3) is 4.08. The summed E-state index contributed by atoms with van der Waals surface area (Å²) in [6.07, 6.45) is 2.00. The minimum atomic E-state index is -0.464. The Morgan fingerprint density at radius 2 is 2.21 bits per heavy atom. The van der Waals surface area contributed by atoms with Gasteiger partial charge < -0.3 is 19.2 Å². The summed E-state index contributed by atoms with van der Waals surface area (Å²) in [6.45, 7) is 0.141. The van der Waals surface area contributed by atoms with Crippen molar-refractivity contribution in [1.29, 1.82) is 0 Å². The molecule has 1 aliphatic heterocycles. The molecular formula is C17H16ClNO5. The van der Waals surface area contributed by atoms with Crippen LogP contribution in [0.1, 0.15) is 11.3 Å². The first-order chi connectivity index (χ1) is 11.6. The van der Waals surface area contributed by atoms with Crippen LogP contribution < -0.4 is 10.1 Å². The molecular weight excluding hydrogens is 334 g/mol. The zero-order valence-electron chi connectivity index (χ0n) is 12.8. The van der Waals surface area contributed by atoms with E-state index in [0.717, 1.165) is 11.3 Å². The number of furan rings is 1. The van der Waals surface area contributed by atoms with Crippen LogP contribution in [0.3, 0.4) is 0 Å². The summed E-state index contributed by atoms with van der Waals surface area (Å²) in [7, 11) is 0. The van der Waals surface area contributed by atoms with Gasteiger partial charge in [-0.05, 0) is 42.3 Å². The van der Waals surface area contributed by atoms with Crippen LogP contribution in [-0.2, 0) is 27.3 Å². The summed E-state index contributed by atoms with van der Waals surface area (Å²) < 4.78 is 15.7. The fraction of sp³-hybridized carbons (Fsp3) is 0.294. The Bertz CT molecular complexity index is 729. The Morgan fingerprint density at radius 1 is 1.33 bits per heavy atom. The normalized spacial score (nSPS) is 16.0. The highest BCUT2D eigenvalue weighted by Crippen LogP contribution is 2.30. The molecule has 0 aliphatic carbocycles. The molecule has 0 unspecified atom stereocenters. The minimum absolute atomic E-state index is 0.224. The fourth-order valence-corrected chi connectivity index (χ4v) is 2.61. The average molecular weight is 350 g/mol. The maximum atomic E-state index is 12.1. The van der Waals surface area contributed by atoms with E-state index in [1.54, 1.807) is 30.3 Å². The van der Waals surface area contributed by atoms with Crippen LogP contribution >= 0.6 is 11.6 Å². The largest absolute Gasteiger partial charge is 0.492 e. The SMILES string of the molecule is O=C(COC(=O)[C@H]1COc2ccc(Cl)cc2C1)NCc1ccco1. The topological polar surface area (TPSA) is 77.8 Å². The van der Waals surface area contributed by atoms with E-state index in [9.17, 15) is 9.59 Å². The van der Waals surface area contributed by atoms with Crippen molar-refractivity contribution in [2.45, 2.75) is 13.0 Å². The summed E-state index contributed by atoms with van der Waals surface area (Å²) in [4.78, 5) is 23.8. The summed E-state index contributed by atoms with van der Waals surface area (Å²) in [5.41, 5.74) is 0.859. The Kier molecular flexibility index (Phi) is 5.05. The third-order valence-corrected chi connectivity index (χ3v) is 3.88. The molecule has 1 N–H and O–H groups in total. The van der Waals surface area contributed by atoms with Gasteiger partial charge in [0.15, 0.2) is 6.61 Å². The van der Waals surface area contributed by atoms with E-state index in [-0.39, 0.29) is 25.7 Å². The van der Waals surface area contributed by atoms with E-state index < -0.39 is 11.9 Å². The smallest absolute Gasteiger partial charge is 0.313 e. The maximum absolute atomic E-state index is 12.1. The van der Waals surface area contributed by atoms with Crippen LogP contribution in [0.5, 0.6) is 5.75 Å². The van der Waals surface area contributed by atoms with E-state index in [1.165, 1.54) is 6.26 Å². The van der Waals surface area contributed by atoms with Crippen molar-refractivity contribution >= 4 is 23.5 Å². The second kappa shape index (κ2) is 7.40. The minimum Gasteiger partial charge on any atom is -0.492 e. The van der Waals surface area contributed by atoms with E-state index in [1.807, 2.05) is 0 Å². The number of hydrogen-bond acceptors (Lipinski definition) is 5. The number of fused-ring (bicyclic) bond motifs is 1. The molecule has 1 atom stereocenters. The zero-order chi connectivity index (χ0) is 16.9. The molecule has 1 aromatic heterocycles. The van der Waals surface area contributed by atoms with Gasteiger partial charge in [-0.25, -0.2) is 0 Å². The van der Waals surface area contributed by atoms with Crippen molar-refractivity contribution in [2.75, 3.05) is 13.2 Å². The molecule has 24 heavy (non-hydrogen) atoms. The number of amides is 1. The van der Waals surface area contributed by atoms with Gasteiger partial charge >= 0.3 is 5.97 Å². The lowest BCUT2D eigenvalue weighted by Crippen LogP contribution is -2.33. The highest BCUT2D eigenvalue weighted by Gasteiger charge is 2.27. The number of benzene rings is 1. The van der Waals surface area contributed by atoms with Crippen molar-refractivity contribution in [2.24, 2.45) is 5.92 Å². The van der Waals surface area contributed by atoms with E-state index in [4.69, 9.17) is 25.5 Å². The van der Waals surface area contributed by atoms with Gasteiger partial charge in [0.2, 0.25) is 0 Å². The highest BCUT2D eigenvalue weighted by atomic mass is 35.5. The van der Waals surface area contributed by atoms with Gasteiger partial charge in [-0.2, -0.15) is 0 Å². The molecule has 2 aromatic rings. The van der Waals surface area contributed by atoms with Crippen LogP contribution in [0.2, 0.25) is 5.02 Å². The quantitative estimate of drug-likeness (QED) is 0.838. The van der Waals surface area contributed by atoms with Crippen molar-refractivity contribution < 1.29 is 23.5 Å². The lowest BCUT2D eigenvalue weighted by atomic mass is 9.97. The van der Waals surface area contributed by atoms with Gasteiger partial charge in [0.1, 0.15) is 18.1 Å². The van der Waals surface area contributed by atoms with Crippen molar-refractivity contribution in [3.05, 3.63) is 52.9 Å². The third-order valence-electron chi connectivity index (χ3n) is 3.65. The summed E-state index contributed by atoms with van der Waals surface area (Å²) >= 11 is 5.95. The van der Waals surface area contributed by atoms with Gasteiger partial charge in [0, 0.05) is 5.02 Å². The fourth-order valence-electron chi connectivity index (χ4n) is 2.42. The van der Waals surface area contributed by atoms with Crippen LogP contribution in [0, 0.1) is 5.92 Å². The number of hydrogen-bond donors (Lipinski definition) is 1. The Morgan fingerprint density at radius 3 is 3.00 bits per heavy atom. The second-order valence-corrected chi connectivity index (χ2v) is 5.86. The first-order valence-electron chi connectivity index (χ1n) is 7.49. The lowest BCUT2D eigenvalue weighted by Gasteiger charge is -2.24. The number of ether oxygens (including phenoxy) is 2. The van der Waals surface area contributed by atoms with Crippen LogP contribution in [0.25, 0.3) is 0 Å². The zero-order valence-corrected chi connectivity index (χ0v) is 13.5. The predicted molar refractivity (Wildman–Crippen MR) is 85.7 cm³/mol. The summed E-state index contributed by atoms with van der Waals surface area (Å²) in [5, 5.41) is 3.19. The molecule has 7 heteroatoms. The number of rotatable bonds is 5. The molecule has 126 valence electrons. The Labute approximate surface area is 143 Å². The molecule has 0 saturated heterocycles. The van der Waals surface area contributed by atoms with Crippen molar-refractivity contribution in [3.63, 3.8) is 0 Å². The molecule has 0 fully saturated rings. The van der Waals surface area contributed by atoms with E-state index in [2.05, 4.69) is 5.32 Å². The number of carbonyl (C=O) groups is 2. The standard InChI is InChI=1S/C17H16ClNO5/c18-13-3-4-15-11(7-13)6-12(9-23-15)17(21)24-10-16(20)19-8-14-2-1-5-22-14/h1-5,7,12H,6,8-10H2,(H,19,20)/t12-/m1/s1. The molecule has 1 aliphatic rings. The second-order valence-electron chi connectivity index (χ2n) is 5.43. The average Bonchev–Trinajstić information content (AvgIpc) is 3.10. The maximum Gasteiger partial charge on any atom is 0.313 e. The first-order valence-corrected chi connectivity index (χ1v) is 7.86. The number of esters is 1.